The summed E-state index contributed by atoms with van der Waals surface area (Å²) >= 11 is 0. The van der Waals surface area contributed by atoms with Gasteiger partial charge in [-0.15, -0.1) is 0 Å². The van der Waals surface area contributed by atoms with Gasteiger partial charge in [0.2, 0.25) is 0 Å². The lowest BCUT2D eigenvalue weighted by Gasteiger charge is -2.24. The molecule has 2 heteroatoms. The van der Waals surface area contributed by atoms with E-state index in [0.717, 1.165) is 25.4 Å². The Bertz CT molecular complexity index is 200. The minimum atomic E-state index is 0.251. The molecule has 0 heterocycles. The average Bonchev–Trinajstić information content (AvgIpc) is 2.85. The van der Waals surface area contributed by atoms with Gasteiger partial charge < -0.3 is 9.59 Å². The Kier molecular flexibility index (Phi) is 2.99. The third-order valence-electron chi connectivity index (χ3n) is 4.15. The molecular formula is C12H18O2. The third-order valence-corrected chi connectivity index (χ3v) is 4.15. The Hall–Kier alpha value is -0.660. The van der Waals surface area contributed by atoms with E-state index < -0.39 is 0 Å². The molecule has 2 aliphatic rings. The first-order valence-electron chi connectivity index (χ1n) is 5.77. The van der Waals surface area contributed by atoms with E-state index in [-0.39, 0.29) is 11.8 Å². The molecule has 0 saturated heterocycles. The van der Waals surface area contributed by atoms with Crippen LogP contribution >= 0.6 is 0 Å². The Labute approximate surface area is 85.1 Å². The first-order valence-corrected chi connectivity index (χ1v) is 5.77. The highest BCUT2D eigenvalue weighted by Crippen LogP contribution is 2.45. The van der Waals surface area contributed by atoms with E-state index >= 15 is 0 Å². The maximum absolute atomic E-state index is 10.9. The number of hydrogen-bond acceptors (Lipinski definition) is 2. The number of rotatable bonds is 3. The van der Waals surface area contributed by atoms with Gasteiger partial charge in [-0.2, -0.15) is 0 Å². The molecule has 2 saturated carbocycles. The van der Waals surface area contributed by atoms with Gasteiger partial charge in [-0.05, 0) is 37.5 Å². The van der Waals surface area contributed by atoms with E-state index in [1.807, 2.05) is 0 Å². The van der Waals surface area contributed by atoms with Crippen molar-refractivity contribution in [3.05, 3.63) is 0 Å². The zero-order valence-electron chi connectivity index (χ0n) is 8.52. The number of carbonyl (C=O) groups excluding carboxylic acids is 2. The first-order chi connectivity index (χ1) is 6.86. The van der Waals surface area contributed by atoms with Gasteiger partial charge in [0.25, 0.3) is 0 Å². The van der Waals surface area contributed by atoms with Crippen molar-refractivity contribution in [1.29, 1.82) is 0 Å². The van der Waals surface area contributed by atoms with Crippen LogP contribution in [0.4, 0.5) is 0 Å². The molecule has 78 valence electrons. The predicted octanol–water partition coefficient (Wildman–Crippen LogP) is 2.22. The minimum Gasteiger partial charge on any atom is -0.303 e. The zero-order valence-corrected chi connectivity index (χ0v) is 8.52. The lowest BCUT2D eigenvalue weighted by atomic mass is 9.79. The fourth-order valence-corrected chi connectivity index (χ4v) is 3.44. The van der Waals surface area contributed by atoms with Gasteiger partial charge in [0.15, 0.2) is 0 Å². The van der Waals surface area contributed by atoms with Crippen molar-refractivity contribution in [3.8, 4) is 0 Å². The van der Waals surface area contributed by atoms with E-state index in [1.54, 1.807) is 0 Å². The van der Waals surface area contributed by atoms with Gasteiger partial charge in [0.1, 0.15) is 12.6 Å². The molecule has 0 aromatic rings. The van der Waals surface area contributed by atoms with Crippen molar-refractivity contribution in [3.63, 3.8) is 0 Å². The van der Waals surface area contributed by atoms with Crippen LogP contribution in [0.15, 0.2) is 0 Å². The van der Waals surface area contributed by atoms with Crippen LogP contribution in [0.25, 0.3) is 0 Å². The second kappa shape index (κ2) is 4.24. The van der Waals surface area contributed by atoms with Crippen LogP contribution in [0, 0.1) is 23.7 Å². The molecule has 2 fully saturated rings. The molecule has 0 aromatic carbocycles. The SMILES string of the molecule is O=C[C@H]1CCC[C@H]1[C@@H]1CCC[C@@H]1C=O. The molecule has 2 aliphatic carbocycles. The lowest BCUT2D eigenvalue weighted by molar-refractivity contribution is -0.115. The highest BCUT2D eigenvalue weighted by atomic mass is 16.1. The Morgan fingerprint density at radius 1 is 0.714 bits per heavy atom. The number of aldehydes is 2. The van der Waals surface area contributed by atoms with Gasteiger partial charge in [0.05, 0.1) is 0 Å². The van der Waals surface area contributed by atoms with E-state index in [4.69, 9.17) is 0 Å². The van der Waals surface area contributed by atoms with Crippen molar-refractivity contribution >= 4 is 12.6 Å². The quantitative estimate of drug-likeness (QED) is 0.645. The van der Waals surface area contributed by atoms with Crippen molar-refractivity contribution in [2.24, 2.45) is 23.7 Å². The second-order valence-electron chi connectivity index (χ2n) is 4.79. The Morgan fingerprint density at radius 3 is 1.50 bits per heavy atom. The third kappa shape index (κ3) is 1.62. The average molecular weight is 194 g/mol. The van der Waals surface area contributed by atoms with E-state index in [9.17, 15) is 9.59 Å². The maximum atomic E-state index is 10.9. The van der Waals surface area contributed by atoms with Gasteiger partial charge in [-0.1, -0.05) is 12.8 Å². The normalized spacial score (nSPS) is 42.6. The van der Waals surface area contributed by atoms with Crippen molar-refractivity contribution < 1.29 is 9.59 Å². The summed E-state index contributed by atoms with van der Waals surface area (Å²) < 4.78 is 0. The molecular weight excluding hydrogens is 176 g/mol. The highest BCUT2D eigenvalue weighted by molar-refractivity contribution is 5.57. The molecule has 2 rings (SSSR count). The fraction of sp³-hybridized carbons (Fsp3) is 0.833. The number of carbonyl (C=O) groups is 2. The van der Waals surface area contributed by atoms with E-state index in [1.165, 1.54) is 25.7 Å². The topological polar surface area (TPSA) is 34.1 Å². The predicted molar refractivity (Wildman–Crippen MR) is 53.8 cm³/mol. The Morgan fingerprint density at radius 2 is 1.14 bits per heavy atom. The molecule has 2 nitrogen and oxygen atoms in total. The molecule has 0 aliphatic heterocycles. The molecule has 0 N–H and O–H groups in total. The van der Waals surface area contributed by atoms with E-state index in [0.29, 0.717) is 11.8 Å². The van der Waals surface area contributed by atoms with Crippen LogP contribution in [-0.4, -0.2) is 12.6 Å². The molecule has 0 bridgehead atoms. The summed E-state index contributed by atoms with van der Waals surface area (Å²) in [6, 6.07) is 0. The molecule has 4 atom stereocenters. The highest BCUT2D eigenvalue weighted by Gasteiger charge is 2.39. The second-order valence-corrected chi connectivity index (χ2v) is 4.79. The molecule has 0 amide bonds. The van der Waals surface area contributed by atoms with Crippen LogP contribution in [0.3, 0.4) is 0 Å². The molecule has 0 unspecified atom stereocenters. The summed E-state index contributed by atoms with van der Waals surface area (Å²) in [5, 5.41) is 0. The van der Waals surface area contributed by atoms with Crippen LogP contribution in [0.5, 0.6) is 0 Å². The van der Waals surface area contributed by atoms with Gasteiger partial charge >= 0.3 is 0 Å². The monoisotopic (exact) mass is 194 g/mol. The fourth-order valence-electron chi connectivity index (χ4n) is 3.44. The van der Waals surface area contributed by atoms with Crippen LogP contribution in [-0.2, 0) is 9.59 Å². The van der Waals surface area contributed by atoms with Crippen LogP contribution in [0.1, 0.15) is 38.5 Å². The summed E-state index contributed by atoms with van der Waals surface area (Å²) in [5.41, 5.74) is 0. The smallest absolute Gasteiger partial charge is 0.123 e. The van der Waals surface area contributed by atoms with Crippen molar-refractivity contribution in [1.82, 2.24) is 0 Å². The van der Waals surface area contributed by atoms with Gasteiger partial charge in [-0.25, -0.2) is 0 Å². The van der Waals surface area contributed by atoms with Gasteiger partial charge in [-0.3, -0.25) is 0 Å². The lowest BCUT2D eigenvalue weighted by Crippen LogP contribution is -2.23. The van der Waals surface area contributed by atoms with Crippen LogP contribution < -0.4 is 0 Å². The maximum Gasteiger partial charge on any atom is 0.123 e. The summed E-state index contributed by atoms with van der Waals surface area (Å²) in [7, 11) is 0. The Balaban J connectivity index is 2.05. The molecule has 0 spiro atoms. The molecule has 14 heavy (non-hydrogen) atoms. The van der Waals surface area contributed by atoms with Gasteiger partial charge in [0, 0.05) is 11.8 Å². The van der Waals surface area contributed by atoms with Crippen molar-refractivity contribution in [2.75, 3.05) is 0 Å². The number of hydrogen-bond donors (Lipinski definition) is 0. The standard InChI is InChI=1S/C12H18O2/c13-7-9-3-1-5-11(9)12-6-2-4-10(12)8-14/h7-12H,1-6H2/t9-,10-,11-,12-/m1/s1. The van der Waals surface area contributed by atoms with Crippen LogP contribution in [0.2, 0.25) is 0 Å². The molecule has 0 radical (unpaired) electrons. The van der Waals surface area contributed by atoms with Crippen molar-refractivity contribution in [2.45, 2.75) is 38.5 Å². The minimum absolute atomic E-state index is 0.251. The summed E-state index contributed by atoms with van der Waals surface area (Å²) in [4.78, 5) is 21.8. The summed E-state index contributed by atoms with van der Waals surface area (Å²) in [6.45, 7) is 0. The largest absolute Gasteiger partial charge is 0.303 e. The molecule has 0 aromatic heterocycles. The van der Waals surface area contributed by atoms with E-state index in [2.05, 4.69) is 0 Å². The zero-order chi connectivity index (χ0) is 9.97. The summed E-state index contributed by atoms with van der Waals surface area (Å²) in [5.74, 6) is 1.54. The first kappa shape index (κ1) is 9.88. The summed E-state index contributed by atoms with van der Waals surface area (Å²) in [6.07, 6.45) is 9.03.